The van der Waals surface area contributed by atoms with Gasteiger partial charge in [-0.25, -0.2) is 18.3 Å². The van der Waals surface area contributed by atoms with Gasteiger partial charge in [-0.15, -0.1) is 0 Å². The Kier molecular flexibility index (Phi) is 42.9. The zero-order valence-corrected chi connectivity index (χ0v) is 82.6. The Bertz CT molecular complexity index is 5600. The predicted molar refractivity (Wildman–Crippen MR) is 537 cm³/mol. The minimum atomic E-state index is -0.506. The van der Waals surface area contributed by atoms with Crippen LogP contribution in [-0.2, 0) is 65.5 Å². The molecule has 4 aromatic heterocycles. The highest BCUT2D eigenvalue weighted by molar-refractivity contribution is 5.77. The lowest BCUT2D eigenvalue weighted by Crippen LogP contribution is -3.00. The van der Waals surface area contributed by atoms with Crippen molar-refractivity contribution in [3.63, 3.8) is 0 Å². The summed E-state index contributed by atoms with van der Waals surface area (Å²) in [5.41, 5.74) is 18.5. The van der Waals surface area contributed by atoms with Crippen molar-refractivity contribution < 1.29 is 125 Å². The van der Waals surface area contributed by atoms with Gasteiger partial charge in [0, 0.05) is 96.7 Å². The first-order chi connectivity index (χ1) is 68.2. The van der Waals surface area contributed by atoms with E-state index in [1.165, 1.54) is 77.9 Å². The Morgan fingerprint density at radius 3 is 0.592 bits per heavy atom. The number of ether oxygens (including phenoxy) is 10. The van der Waals surface area contributed by atoms with Crippen LogP contribution in [0.15, 0.2) is 426 Å². The topological polar surface area (TPSA) is 166 Å². The number of pyridine rings is 4. The molecule has 142 heavy (non-hydrogen) atoms. The summed E-state index contributed by atoms with van der Waals surface area (Å²) in [6.07, 6.45) is 19.1. The molecule has 32 rings (SSSR count). The van der Waals surface area contributed by atoms with Gasteiger partial charge < -0.3 is 108 Å². The van der Waals surface area contributed by atoms with Gasteiger partial charge in [-0.2, -0.15) is 0 Å². The third kappa shape index (κ3) is 30.7. The second kappa shape index (κ2) is 57.0. The fourth-order valence-corrected chi connectivity index (χ4v) is 17.3. The molecule has 20 heterocycles. The van der Waals surface area contributed by atoms with Crippen molar-refractivity contribution >= 4 is 11.8 Å². The van der Waals surface area contributed by atoms with E-state index in [4.69, 9.17) is 47.4 Å². The van der Waals surface area contributed by atoms with E-state index in [0.717, 1.165) is 48.8 Å². The number of benzene rings is 12. The average molecular weight is 1980 g/mol. The molecule has 16 aliphatic rings. The Labute approximate surface area is 858 Å². The molecule has 0 fully saturated rings. The van der Waals surface area contributed by atoms with Crippen molar-refractivity contribution in [1.82, 2.24) is 10.6 Å². The van der Waals surface area contributed by atoms with Gasteiger partial charge in [-0.3, -0.25) is 9.59 Å². The number of hydrogen-bond acceptors (Lipinski definition) is 12. The normalized spacial score (nSPS) is 11.4. The van der Waals surface area contributed by atoms with Crippen LogP contribution in [0, 0.1) is 0 Å². The van der Waals surface area contributed by atoms with Crippen LogP contribution in [0.1, 0.15) is 92.4 Å². The molecule has 12 bridgehead atoms. The van der Waals surface area contributed by atoms with Crippen molar-refractivity contribution in [2.45, 2.75) is 62.7 Å². The van der Waals surface area contributed by atoms with Crippen molar-refractivity contribution in [2.75, 3.05) is 106 Å². The first kappa shape index (κ1) is 107. The molecule has 0 saturated carbocycles. The standard InChI is InChI=1S/C84H88N2O12.C36H32N4.4ClH/c87-81(33-19-53-93-77-43-47-79(48-44-77)97-65-61-91-57-55-89-59-63-95-75-39-35-73(36-40-75)83(67-21-7-1-8-22-67,68-23-9-2-10-24-68)69-25-11-3-12-26-69)85-51-52-86-82(88)34-20-54-94-78-45-49-80(50-46-78)98-66-62-92-58-56-90-60-64-96-76-41-37-74(38-42-76)84(70-27-13-4-14-28-70,71-29-15-5-16-30-71)72-31-17-6-18-32-72;1-2-30-4-3-29(1)25-37-17-9-33(10-18-37)35-13-21-39(22-14-35)27-31-5-7-32(8-6-31)28-40-23-15-36(16-24-40)34-11-19-38(26-30)20-12-34;;;;/h1-18,21-32,35-50H,19-20,33-34,51-66H2,(H,85,87)(H,86,88);1-24H,25-28H2;4*1H/q;+4;;;;/p-4. The molecule has 730 valence electrons. The van der Waals surface area contributed by atoms with Crippen molar-refractivity contribution in [3.05, 3.63) is 492 Å². The molecule has 0 unspecified atom stereocenters. The summed E-state index contributed by atoms with van der Waals surface area (Å²) in [4.78, 5) is 24.8. The lowest BCUT2D eigenvalue weighted by molar-refractivity contribution is -0.689. The van der Waals surface area contributed by atoms with Crippen LogP contribution in [0.3, 0.4) is 0 Å². The van der Waals surface area contributed by atoms with Crippen LogP contribution in [-0.4, -0.2) is 117 Å². The van der Waals surface area contributed by atoms with Gasteiger partial charge >= 0.3 is 0 Å². The smallest absolute Gasteiger partial charge is 0.220 e. The molecule has 16 aromatic rings. The lowest BCUT2D eigenvalue weighted by atomic mass is 9.65. The monoisotopic (exact) mass is 1980 g/mol. The van der Waals surface area contributed by atoms with Crippen LogP contribution in [0.4, 0.5) is 0 Å². The maximum absolute atomic E-state index is 12.4. The number of rotatable bonds is 43. The summed E-state index contributed by atoms with van der Waals surface area (Å²) in [6, 6.07) is 131. The van der Waals surface area contributed by atoms with Crippen LogP contribution >= 0.6 is 0 Å². The second-order valence-corrected chi connectivity index (χ2v) is 33.8. The van der Waals surface area contributed by atoms with E-state index < -0.39 is 10.8 Å². The number of aromatic nitrogens is 4. The van der Waals surface area contributed by atoms with Gasteiger partial charge in [-0.1, -0.05) is 255 Å². The van der Waals surface area contributed by atoms with Gasteiger partial charge in [-0.05, 0) is 152 Å². The molecule has 2 amide bonds. The summed E-state index contributed by atoms with van der Waals surface area (Å²) in [6.45, 7) is 9.92. The molecule has 18 nitrogen and oxygen atoms in total. The molecule has 0 saturated heterocycles. The summed E-state index contributed by atoms with van der Waals surface area (Å²) in [7, 11) is 0. The van der Waals surface area contributed by atoms with Crippen LogP contribution in [0.5, 0.6) is 34.5 Å². The highest BCUT2D eigenvalue weighted by Crippen LogP contribution is 2.47. The first-order valence-corrected chi connectivity index (χ1v) is 47.7. The summed E-state index contributed by atoms with van der Waals surface area (Å²) in [5, 5.41) is 5.70. The molecule has 0 spiro atoms. The highest BCUT2D eigenvalue weighted by atomic mass is 35.5. The first-order valence-electron chi connectivity index (χ1n) is 47.7. The van der Waals surface area contributed by atoms with Gasteiger partial charge in [0.1, 0.15) is 60.9 Å². The third-order valence-electron chi connectivity index (χ3n) is 24.3. The van der Waals surface area contributed by atoms with Crippen molar-refractivity contribution in [3.8, 4) is 56.8 Å². The molecule has 16 aliphatic heterocycles. The maximum atomic E-state index is 12.4. The molecular weight excluding hydrogens is 1860 g/mol. The number of nitrogens with zero attached hydrogens (tertiary/aromatic N) is 4. The molecule has 0 aliphatic carbocycles. The van der Waals surface area contributed by atoms with Gasteiger partial charge in [0.2, 0.25) is 11.8 Å². The number of amides is 2. The zero-order chi connectivity index (χ0) is 94.1. The quantitative estimate of drug-likeness (QED) is 0.0222. The van der Waals surface area contributed by atoms with Gasteiger partial charge in [0.15, 0.2) is 75.8 Å². The third-order valence-corrected chi connectivity index (χ3v) is 24.3. The van der Waals surface area contributed by atoms with E-state index in [-0.39, 0.29) is 61.4 Å². The van der Waals surface area contributed by atoms with E-state index >= 15 is 0 Å². The molecular formula is C120H120Cl4N6O12. The molecule has 0 radical (unpaired) electrons. The minimum absolute atomic E-state index is 0. The Morgan fingerprint density at radius 2 is 0.387 bits per heavy atom. The van der Waals surface area contributed by atoms with E-state index in [9.17, 15) is 9.59 Å². The fraction of sp³-hybridized carbons (Fsp3) is 0.217. The molecule has 22 heteroatoms. The summed E-state index contributed by atoms with van der Waals surface area (Å²) in [5.74, 6) is 4.12. The SMILES string of the molecule is O=C(CCCOc1ccc(OCCOCCOCCOc2ccc(C(c3ccccc3)(c3ccccc3)c3ccccc3)cc2)cc1)NCCNC(=O)CCCOc1ccc(OCCOCCOCCOc2ccc(C(c3ccccc3)(c3ccccc3)c3ccccc3)cc2)cc1.[Cl-].[Cl-].[Cl-].[Cl-].c1cc2ccc1C[n+]1ccc(cc1)-c1cc[n+](cc1)Cc1ccc(cc1)C[n+]1ccc(cc1)-c1cc[n+](cc1)C2. The maximum Gasteiger partial charge on any atom is 0.220 e. The van der Waals surface area contributed by atoms with Crippen LogP contribution in [0.2, 0.25) is 0 Å². The van der Waals surface area contributed by atoms with E-state index in [1.807, 2.05) is 72.8 Å². The summed E-state index contributed by atoms with van der Waals surface area (Å²) < 4.78 is 67.4. The molecule has 0 atom stereocenters. The van der Waals surface area contributed by atoms with Crippen molar-refractivity contribution in [2.24, 2.45) is 0 Å². The number of halogens is 4. The number of carbonyl (C=O) groups excluding carboxylic acids is 2. The molecule has 12 aromatic carbocycles. The lowest BCUT2D eigenvalue weighted by Gasteiger charge is -2.36. The second-order valence-electron chi connectivity index (χ2n) is 33.8. The van der Waals surface area contributed by atoms with E-state index in [1.54, 1.807) is 0 Å². The predicted octanol–water partition coefficient (Wildman–Crippen LogP) is 7.38. The Morgan fingerprint density at radius 1 is 0.211 bits per heavy atom. The number of carbonyl (C=O) groups is 2. The van der Waals surface area contributed by atoms with Crippen LogP contribution < -0.4 is 107 Å². The number of nitrogens with one attached hydrogen (secondary N) is 2. The Balaban J connectivity index is 0.000000339. The molecule has 2 N–H and O–H groups in total. The largest absolute Gasteiger partial charge is 1.00 e. The average Bonchev–Trinajstić information content (AvgIpc) is 0.738. The number of hydrogen-bond donors (Lipinski definition) is 2. The fourth-order valence-electron chi connectivity index (χ4n) is 17.3. The van der Waals surface area contributed by atoms with Crippen LogP contribution in [0.25, 0.3) is 22.3 Å². The minimum Gasteiger partial charge on any atom is -1.00 e. The Hall–Kier alpha value is -14.0. The van der Waals surface area contributed by atoms with Crippen molar-refractivity contribution in [1.29, 1.82) is 0 Å². The van der Waals surface area contributed by atoms with Gasteiger partial charge in [0.05, 0.1) is 76.9 Å². The van der Waals surface area contributed by atoms with E-state index in [2.05, 4.69) is 382 Å². The zero-order valence-electron chi connectivity index (χ0n) is 79.6. The van der Waals surface area contributed by atoms with E-state index in [0.29, 0.717) is 154 Å². The highest BCUT2D eigenvalue weighted by Gasteiger charge is 2.40. The van der Waals surface area contributed by atoms with Gasteiger partial charge in [0.25, 0.3) is 0 Å². The summed E-state index contributed by atoms with van der Waals surface area (Å²) >= 11 is 0.